The molecular formula is C46H78ClN3O14S. The van der Waals surface area contributed by atoms with Crippen LogP contribution in [0.3, 0.4) is 0 Å². The van der Waals surface area contributed by atoms with E-state index in [1.165, 1.54) is 45.3 Å². The van der Waals surface area contributed by atoms with Crippen molar-refractivity contribution >= 4 is 27.6 Å². The van der Waals surface area contributed by atoms with Gasteiger partial charge in [0.2, 0.25) is 10.0 Å². The number of aliphatic hydroxyl groups is 5. The zero-order chi connectivity index (χ0) is 48.6. The van der Waals surface area contributed by atoms with E-state index in [9.17, 15) is 38.7 Å². The third-order valence-corrected chi connectivity index (χ3v) is 17.1. The minimum atomic E-state index is -4.14. The van der Waals surface area contributed by atoms with Crippen molar-refractivity contribution in [3.05, 3.63) is 29.3 Å². The van der Waals surface area contributed by atoms with Gasteiger partial charge in [-0.05, 0) is 124 Å². The number of carbonyl (C=O) groups excluding carboxylic acids is 1. The summed E-state index contributed by atoms with van der Waals surface area (Å²) in [7, 11) is -1.24. The van der Waals surface area contributed by atoms with E-state index in [1.807, 2.05) is 6.92 Å². The number of β-amino-alcohol motifs (C(OH)–C–C–N with tert-alkyl or cyclic N) is 1. The highest BCUT2D eigenvalue weighted by Crippen LogP contribution is 2.44. The molecule has 5 rings (SSSR count). The number of nitrogens with zero attached hydrogens (tertiary/aromatic N) is 2. The van der Waals surface area contributed by atoms with Gasteiger partial charge in [-0.3, -0.25) is 4.79 Å². The number of rotatable bonds is 11. The second-order valence-corrected chi connectivity index (χ2v) is 22.6. The van der Waals surface area contributed by atoms with Crippen LogP contribution in [-0.2, 0) is 43.2 Å². The number of benzene rings is 1. The Labute approximate surface area is 391 Å². The van der Waals surface area contributed by atoms with Gasteiger partial charge in [0, 0.05) is 44.1 Å². The molecule has 6 N–H and O–H groups in total. The average Bonchev–Trinajstić information content (AvgIpc) is 3.22. The van der Waals surface area contributed by atoms with Crippen molar-refractivity contribution in [2.75, 3.05) is 40.3 Å². The Morgan fingerprint density at radius 2 is 1.60 bits per heavy atom. The lowest BCUT2D eigenvalue weighted by Crippen LogP contribution is -2.71. The molecule has 1 aromatic rings. The van der Waals surface area contributed by atoms with E-state index in [0.29, 0.717) is 11.6 Å². The van der Waals surface area contributed by atoms with Gasteiger partial charge in [-0.15, -0.1) is 0 Å². The van der Waals surface area contributed by atoms with E-state index in [1.54, 1.807) is 55.4 Å². The van der Waals surface area contributed by atoms with Crippen LogP contribution in [0.4, 0.5) is 0 Å². The van der Waals surface area contributed by atoms with Crippen LogP contribution in [0.2, 0.25) is 5.02 Å². The van der Waals surface area contributed by atoms with Crippen molar-refractivity contribution in [2.45, 2.75) is 196 Å². The first-order valence-electron chi connectivity index (χ1n) is 23.2. The highest BCUT2D eigenvalue weighted by molar-refractivity contribution is 7.89. The Morgan fingerprint density at radius 3 is 2.17 bits per heavy atom. The third kappa shape index (κ3) is 11.6. The number of esters is 1. The number of cyclic esters (lactones) is 1. The summed E-state index contributed by atoms with van der Waals surface area (Å²) in [6.45, 7) is 19.3. The van der Waals surface area contributed by atoms with E-state index < -0.39 is 118 Å². The molecule has 0 saturated carbocycles. The van der Waals surface area contributed by atoms with E-state index in [4.69, 9.17) is 40.0 Å². The molecule has 4 heterocycles. The molecular weight excluding hydrogens is 886 g/mol. The van der Waals surface area contributed by atoms with Gasteiger partial charge >= 0.3 is 5.97 Å². The largest absolute Gasteiger partial charge is 0.459 e. The number of likely N-dealkylation sites (N-methyl/N-ethyl adjacent to an activating group) is 1. The number of hydrogen-bond acceptors (Lipinski definition) is 16. The summed E-state index contributed by atoms with van der Waals surface area (Å²) >= 11 is 6.06. The average molecular weight is 965 g/mol. The highest BCUT2D eigenvalue weighted by atomic mass is 35.5. The van der Waals surface area contributed by atoms with Crippen LogP contribution in [0.25, 0.3) is 0 Å². The number of carbonyl (C=O) groups is 1. The van der Waals surface area contributed by atoms with Crippen molar-refractivity contribution in [1.29, 1.82) is 0 Å². The maximum absolute atomic E-state index is 14.5. The number of ether oxygens (including phenoxy) is 6. The fourth-order valence-corrected chi connectivity index (χ4v) is 11.9. The molecule has 17 nitrogen and oxygen atoms in total. The number of likely N-dealkylation sites (tertiary alicyclic amines) is 1. The fraction of sp³-hybridized carbons (Fsp3) is 0.848. The van der Waals surface area contributed by atoms with E-state index in [0.717, 1.165) is 23.8 Å². The summed E-state index contributed by atoms with van der Waals surface area (Å²) in [5, 5.41) is 63.9. The number of halogens is 1. The predicted molar refractivity (Wildman–Crippen MR) is 242 cm³/mol. The number of hydrogen-bond donors (Lipinski definition) is 6. The van der Waals surface area contributed by atoms with Crippen molar-refractivity contribution in [3.63, 3.8) is 0 Å². The molecule has 0 amide bonds. The fourth-order valence-electron chi connectivity index (χ4n) is 10.4. The monoisotopic (exact) mass is 963 g/mol. The van der Waals surface area contributed by atoms with Crippen LogP contribution < -0.4 is 5.32 Å². The van der Waals surface area contributed by atoms with E-state index in [2.05, 4.69) is 10.2 Å². The molecule has 65 heavy (non-hydrogen) atoms. The highest BCUT2D eigenvalue weighted by Gasteiger charge is 2.59. The summed E-state index contributed by atoms with van der Waals surface area (Å²) in [4.78, 5) is 16.6. The molecule has 0 spiro atoms. The van der Waals surface area contributed by atoms with Gasteiger partial charge in [-0.1, -0.05) is 32.4 Å². The summed E-state index contributed by atoms with van der Waals surface area (Å²) in [6, 6.07) is 4.02. The molecule has 4 fully saturated rings. The van der Waals surface area contributed by atoms with Crippen molar-refractivity contribution in [1.82, 2.24) is 14.5 Å². The van der Waals surface area contributed by atoms with Crippen LogP contribution in [0, 0.1) is 17.8 Å². The van der Waals surface area contributed by atoms with Crippen LogP contribution in [-0.4, -0.2) is 179 Å². The number of sulfonamides is 1. The minimum absolute atomic E-state index is 0.0217. The first-order valence-corrected chi connectivity index (χ1v) is 25.0. The molecule has 4 aliphatic rings. The molecule has 4 saturated heterocycles. The Kier molecular flexibility index (Phi) is 17.7. The molecule has 0 aliphatic carbocycles. The van der Waals surface area contributed by atoms with Gasteiger partial charge in [0.05, 0.1) is 46.9 Å². The molecule has 0 unspecified atom stereocenters. The summed E-state index contributed by atoms with van der Waals surface area (Å²) < 4.78 is 67.5. The van der Waals surface area contributed by atoms with Crippen molar-refractivity contribution < 1.29 is 67.2 Å². The Balaban J connectivity index is 1.56. The molecule has 1 aromatic carbocycles. The minimum Gasteiger partial charge on any atom is -0.459 e. The smallest absolute Gasteiger partial charge is 0.311 e. The molecule has 18 atom stereocenters. The molecule has 0 bridgehead atoms. The first-order chi connectivity index (χ1) is 30.1. The van der Waals surface area contributed by atoms with E-state index >= 15 is 0 Å². The molecule has 374 valence electrons. The zero-order valence-corrected chi connectivity index (χ0v) is 41.9. The van der Waals surface area contributed by atoms with Gasteiger partial charge < -0.3 is 64.2 Å². The maximum atomic E-state index is 14.5. The Hall–Kier alpha value is -1.59. The first kappa shape index (κ1) is 54.4. The maximum Gasteiger partial charge on any atom is 0.311 e. The number of methoxy groups -OCH3 is 1. The lowest BCUT2D eigenvalue weighted by Gasteiger charge is -2.55. The normalized spacial score (nSPS) is 44.4. The predicted octanol–water partition coefficient (Wildman–Crippen LogP) is 3.05. The second-order valence-electron chi connectivity index (χ2n) is 20.2. The van der Waals surface area contributed by atoms with Gasteiger partial charge in [-0.25, -0.2) is 8.42 Å². The second kappa shape index (κ2) is 21.2. The van der Waals surface area contributed by atoms with E-state index in [-0.39, 0.29) is 43.0 Å². The Morgan fingerprint density at radius 1 is 0.969 bits per heavy atom. The van der Waals surface area contributed by atoms with Crippen LogP contribution in [0.5, 0.6) is 0 Å². The lowest BCUT2D eigenvalue weighted by molar-refractivity contribution is -0.339. The molecule has 19 heteroatoms. The van der Waals surface area contributed by atoms with Crippen molar-refractivity contribution in [3.8, 4) is 0 Å². The topological polar surface area (TPSA) is 226 Å². The Bertz CT molecular complexity index is 1840. The quantitative estimate of drug-likeness (QED) is 0.175. The van der Waals surface area contributed by atoms with Gasteiger partial charge in [0.25, 0.3) is 0 Å². The standard InChI is InChI=1S/C46H78ClN3O14S/c1-13-35-45(10,55)39(52)30(6)48-24-26(2)22-43(8,54)40(64-42-37(51)34(21-27(3)60-42)49(11)65(57,58)33-17-15-32(47)16-18-33)28(4)38(29(5)41(53)62-35)63-36-23-44(9,59-12)46(56,31(7)61-36)25-50-19-14-20-50/h15-18,26-31,34-40,42,48,51-52,54-56H,13-14,19-25H2,1-12H3/t26-,27-,28+,29-,30-,31+,34+,35-,36+,37-,38+,39-,40-,42+,43-,44-,45-,46+/m1/s1. The molecule has 0 aromatic heterocycles. The van der Waals surface area contributed by atoms with Gasteiger partial charge in [-0.2, -0.15) is 4.31 Å². The summed E-state index contributed by atoms with van der Waals surface area (Å²) in [5.41, 5.74) is -6.24. The van der Waals surface area contributed by atoms with Crippen LogP contribution in [0.1, 0.15) is 101 Å². The zero-order valence-electron chi connectivity index (χ0n) is 40.3. The summed E-state index contributed by atoms with van der Waals surface area (Å²) in [5.74, 6) is -3.12. The van der Waals surface area contributed by atoms with Gasteiger partial charge in [0.15, 0.2) is 12.6 Å². The number of aliphatic hydroxyl groups excluding tert-OH is 2. The number of nitrogens with one attached hydrogen (secondary N) is 1. The lowest BCUT2D eigenvalue weighted by atomic mass is 9.74. The SMILES string of the molecule is CC[C@H]1OC(=O)[C@H](C)[C@@H](O[C@H]2C[C@@](C)(OC)[C@](O)(CN3CCC3)[C@H](C)O2)[C@H](C)[C@@H](O[C@@H]2O[C@H](C)C[C@H](N(C)S(=O)(=O)c3ccc(Cl)cc3)[C@H]2O)[C@](C)(O)C[C@@H](C)CN[C@H](C)[C@@H](O)[C@]1(C)O. The summed E-state index contributed by atoms with van der Waals surface area (Å²) in [6.07, 6.45) is -9.04. The third-order valence-electron chi connectivity index (χ3n) is 14.9. The molecule has 0 radical (unpaired) electrons. The van der Waals surface area contributed by atoms with Crippen LogP contribution >= 0.6 is 11.6 Å². The van der Waals surface area contributed by atoms with Crippen molar-refractivity contribution in [2.24, 2.45) is 17.8 Å². The van der Waals surface area contributed by atoms with Gasteiger partial charge in [0.1, 0.15) is 35.1 Å². The van der Waals surface area contributed by atoms with Crippen LogP contribution in [0.15, 0.2) is 29.2 Å². The molecule has 4 aliphatic heterocycles.